The average molecular weight is 273 g/mol. The number of rotatable bonds is 2. The fourth-order valence-corrected chi connectivity index (χ4v) is 3.45. The van der Waals surface area contributed by atoms with Crippen molar-refractivity contribution >= 4 is 10.0 Å². The predicted octanol–water partition coefficient (Wildman–Crippen LogP) is 1.38. The molecule has 18 heavy (non-hydrogen) atoms. The van der Waals surface area contributed by atoms with Gasteiger partial charge in [-0.25, -0.2) is 12.8 Å². The standard InChI is InChI=1S/C12H16FNO3S/c1-10-9-17-6-7-18(15,16)14(10)8-11-4-2-3-5-12(11)13/h2-5,10H,6-9H2,1H3/t10-/m0/s1. The van der Waals surface area contributed by atoms with Crippen LogP contribution in [-0.2, 0) is 21.3 Å². The summed E-state index contributed by atoms with van der Waals surface area (Å²) >= 11 is 0. The summed E-state index contributed by atoms with van der Waals surface area (Å²) in [6.07, 6.45) is 0. The van der Waals surface area contributed by atoms with E-state index in [-0.39, 0.29) is 30.8 Å². The van der Waals surface area contributed by atoms with Crippen LogP contribution in [-0.4, -0.2) is 37.7 Å². The Kier molecular flexibility index (Phi) is 3.99. The predicted molar refractivity (Wildman–Crippen MR) is 66.0 cm³/mol. The van der Waals surface area contributed by atoms with E-state index in [1.54, 1.807) is 25.1 Å². The molecule has 0 amide bonds. The van der Waals surface area contributed by atoms with E-state index in [0.29, 0.717) is 12.2 Å². The zero-order valence-electron chi connectivity index (χ0n) is 10.2. The highest BCUT2D eigenvalue weighted by Crippen LogP contribution is 2.18. The Hall–Kier alpha value is -0.980. The SMILES string of the molecule is C[C@H]1COCCS(=O)(=O)N1Cc1ccccc1F. The lowest BCUT2D eigenvalue weighted by atomic mass is 10.2. The van der Waals surface area contributed by atoms with Gasteiger partial charge in [-0.1, -0.05) is 18.2 Å². The summed E-state index contributed by atoms with van der Waals surface area (Å²) in [4.78, 5) is 0. The molecule has 1 fully saturated rings. The van der Waals surface area contributed by atoms with Crippen LogP contribution in [0.15, 0.2) is 24.3 Å². The molecule has 0 N–H and O–H groups in total. The molecule has 0 aromatic heterocycles. The third-order valence-electron chi connectivity index (χ3n) is 2.98. The maximum atomic E-state index is 13.6. The van der Waals surface area contributed by atoms with Gasteiger partial charge in [0.2, 0.25) is 10.0 Å². The summed E-state index contributed by atoms with van der Waals surface area (Å²) in [7, 11) is -3.38. The lowest BCUT2D eigenvalue weighted by molar-refractivity contribution is 0.116. The van der Waals surface area contributed by atoms with E-state index in [9.17, 15) is 12.8 Å². The lowest BCUT2D eigenvalue weighted by Crippen LogP contribution is -2.39. The van der Waals surface area contributed by atoms with Gasteiger partial charge in [-0.15, -0.1) is 0 Å². The number of ether oxygens (including phenoxy) is 1. The van der Waals surface area contributed by atoms with Gasteiger partial charge < -0.3 is 4.74 Å². The molecular formula is C12H16FNO3S. The van der Waals surface area contributed by atoms with E-state index in [2.05, 4.69) is 0 Å². The smallest absolute Gasteiger partial charge is 0.217 e. The van der Waals surface area contributed by atoms with Crippen LogP contribution >= 0.6 is 0 Å². The fourth-order valence-electron chi connectivity index (χ4n) is 1.94. The Morgan fingerprint density at radius 2 is 2.17 bits per heavy atom. The third-order valence-corrected chi connectivity index (χ3v) is 4.86. The van der Waals surface area contributed by atoms with Crippen molar-refractivity contribution in [2.75, 3.05) is 19.0 Å². The van der Waals surface area contributed by atoms with E-state index in [0.717, 1.165) is 0 Å². The highest BCUT2D eigenvalue weighted by Gasteiger charge is 2.30. The van der Waals surface area contributed by atoms with E-state index in [1.807, 2.05) is 0 Å². The molecule has 0 unspecified atom stereocenters. The minimum Gasteiger partial charge on any atom is -0.379 e. The van der Waals surface area contributed by atoms with Gasteiger partial charge in [0.05, 0.1) is 19.0 Å². The molecule has 1 aromatic carbocycles. The van der Waals surface area contributed by atoms with Crippen molar-refractivity contribution in [3.8, 4) is 0 Å². The molecule has 4 nitrogen and oxygen atoms in total. The molecule has 0 saturated carbocycles. The summed E-state index contributed by atoms with van der Waals surface area (Å²) in [5.74, 6) is -0.434. The van der Waals surface area contributed by atoms with Crippen LogP contribution in [0.2, 0.25) is 0 Å². The van der Waals surface area contributed by atoms with Crippen molar-refractivity contribution in [3.05, 3.63) is 35.6 Å². The van der Waals surface area contributed by atoms with Gasteiger partial charge in [0.25, 0.3) is 0 Å². The summed E-state index contributed by atoms with van der Waals surface area (Å²) in [5.41, 5.74) is 0.384. The van der Waals surface area contributed by atoms with Crippen molar-refractivity contribution in [2.24, 2.45) is 0 Å². The fraction of sp³-hybridized carbons (Fsp3) is 0.500. The Bertz CT molecular complexity index is 518. The molecule has 1 heterocycles. The minimum atomic E-state index is -3.38. The molecule has 0 bridgehead atoms. The Labute approximate surface area is 106 Å². The number of sulfonamides is 1. The van der Waals surface area contributed by atoms with Crippen molar-refractivity contribution in [1.82, 2.24) is 4.31 Å². The Balaban J connectivity index is 2.27. The van der Waals surface area contributed by atoms with Gasteiger partial charge in [-0.3, -0.25) is 0 Å². The summed E-state index contributed by atoms with van der Waals surface area (Å²) in [6.45, 7) is 2.36. The van der Waals surface area contributed by atoms with Crippen molar-refractivity contribution < 1.29 is 17.5 Å². The van der Waals surface area contributed by atoms with Crippen molar-refractivity contribution in [2.45, 2.75) is 19.5 Å². The van der Waals surface area contributed by atoms with Crippen LogP contribution in [0.25, 0.3) is 0 Å². The van der Waals surface area contributed by atoms with E-state index >= 15 is 0 Å². The molecule has 1 atom stereocenters. The zero-order chi connectivity index (χ0) is 13.2. The van der Waals surface area contributed by atoms with Crippen molar-refractivity contribution in [3.63, 3.8) is 0 Å². The quantitative estimate of drug-likeness (QED) is 0.817. The van der Waals surface area contributed by atoms with E-state index in [4.69, 9.17) is 4.74 Å². The largest absolute Gasteiger partial charge is 0.379 e. The van der Waals surface area contributed by atoms with Crippen LogP contribution in [0.3, 0.4) is 0 Å². The Morgan fingerprint density at radius 3 is 2.89 bits per heavy atom. The average Bonchev–Trinajstić information content (AvgIpc) is 2.44. The van der Waals surface area contributed by atoms with Crippen LogP contribution in [0, 0.1) is 5.82 Å². The van der Waals surface area contributed by atoms with E-state index in [1.165, 1.54) is 10.4 Å². The normalized spacial score (nSPS) is 24.7. The first-order valence-corrected chi connectivity index (χ1v) is 7.42. The molecule has 1 aliphatic rings. The summed E-state index contributed by atoms with van der Waals surface area (Å²) < 4.78 is 44.2. The third kappa shape index (κ3) is 2.88. The molecule has 2 rings (SSSR count). The Morgan fingerprint density at radius 1 is 1.44 bits per heavy atom. The van der Waals surface area contributed by atoms with Gasteiger partial charge in [0, 0.05) is 18.2 Å². The van der Waals surface area contributed by atoms with Gasteiger partial charge in [-0.05, 0) is 13.0 Å². The number of hydrogen-bond acceptors (Lipinski definition) is 3. The summed E-state index contributed by atoms with van der Waals surface area (Å²) in [6, 6.07) is 5.94. The highest BCUT2D eigenvalue weighted by atomic mass is 32.2. The van der Waals surface area contributed by atoms with E-state index < -0.39 is 10.0 Å². The first-order valence-electron chi connectivity index (χ1n) is 5.81. The molecule has 1 aromatic rings. The van der Waals surface area contributed by atoms with Crippen LogP contribution in [0.5, 0.6) is 0 Å². The molecule has 0 radical (unpaired) electrons. The minimum absolute atomic E-state index is 0.0498. The lowest BCUT2D eigenvalue weighted by Gasteiger charge is -2.25. The molecule has 0 aliphatic carbocycles. The second-order valence-electron chi connectivity index (χ2n) is 4.38. The molecule has 6 heteroatoms. The van der Waals surface area contributed by atoms with Crippen LogP contribution < -0.4 is 0 Å². The van der Waals surface area contributed by atoms with Gasteiger partial charge in [0.15, 0.2) is 0 Å². The molecular weight excluding hydrogens is 257 g/mol. The number of nitrogens with zero attached hydrogens (tertiary/aromatic N) is 1. The monoisotopic (exact) mass is 273 g/mol. The van der Waals surface area contributed by atoms with Gasteiger partial charge in [-0.2, -0.15) is 4.31 Å². The zero-order valence-corrected chi connectivity index (χ0v) is 11.0. The maximum Gasteiger partial charge on any atom is 0.217 e. The molecule has 0 spiro atoms. The van der Waals surface area contributed by atoms with Crippen LogP contribution in [0.1, 0.15) is 12.5 Å². The maximum absolute atomic E-state index is 13.6. The number of halogens is 1. The van der Waals surface area contributed by atoms with Gasteiger partial charge in [0.1, 0.15) is 5.82 Å². The number of benzene rings is 1. The highest BCUT2D eigenvalue weighted by molar-refractivity contribution is 7.89. The topological polar surface area (TPSA) is 46.6 Å². The molecule has 1 saturated heterocycles. The first kappa shape index (κ1) is 13.5. The second-order valence-corrected chi connectivity index (χ2v) is 6.42. The summed E-state index contributed by atoms with van der Waals surface area (Å²) in [5, 5.41) is 0. The van der Waals surface area contributed by atoms with Gasteiger partial charge >= 0.3 is 0 Å². The van der Waals surface area contributed by atoms with Crippen molar-refractivity contribution in [1.29, 1.82) is 0 Å². The first-order chi connectivity index (χ1) is 8.50. The second kappa shape index (κ2) is 5.34. The molecule has 1 aliphatic heterocycles. The number of hydrogen-bond donors (Lipinski definition) is 0. The van der Waals surface area contributed by atoms with Crippen LogP contribution in [0.4, 0.5) is 4.39 Å². The molecule has 100 valence electrons.